The first kappa shape index (κ1) is 19.0. The normalized spacial score (nSPS) is 17.7. The molecule has 146 valence electrons. The van der Waals surface area contributed by atoms with Crippen molar-refractivity contribution in [3.05, 3.63) is 64.9 Å². The molecular formula is C22H24FN3OS. The standard InChI is InChI=1S/C22H24FN3OS/c1-25(13-16-6-4-8-18(23)12-16)21(27)15-26-11-5-7-17(14-26)22-24-19-9-2-3-10-20(19)28-22/h2-4,6,8-10,12,17H,5,7,11,13-15H2,1H3/t17-/m1/s1. The molecule has 0 aliphatic carbocycles. The average Bonchev–Trinajstić information content (AvgIpc) is 3.12. The highest BCUT2D eigenvalue weighted by molar-refractivity contribution is 7.18. The van der Waals surface area contributed by atoms with Crippen LogP contribution in [0, 0.1) is 5.82 Å². The Morgan fingerprint density at radius 1 is 1.29 bits per heavy atom. The van der Waals surface area contributed by atoms with Crippen LogP contribution in [-0.2, 0) is 11.3 Å². The largest absolute Gasteiger partial charge is 0.340 e. The Balaban J connectivity index is 1.37. The molecule has 1 aliphatic rings. The van der Waals surface area contributed by atoms with E-state index in [1.807, 2.05) is 18.2 Å². The molecule has 3 aromatic rings. The fourth-order valence-electron chi connectivity index (χ4n) is 3.77. The summed E-state index contributed by atoms with van der Waals surface area (Å²) in [4.78, 5) is 21.4. The van der Waals surface area contributed by atoms with Crippen molar-refractivity contribution in [2.75, 3.05) is 26.7 Å². The van der Waals surface area contributed by atoms with Crippen LogP contribution < -0.4 is 0 Å². The molecule has 28 heavy (non-hydrogen) atoms. The predicted octanol–water partition coefficient (Wildman–Crippen LogP) is 4.27. The fourth-order valence-corrected chi connectivity index (χ4v) is 4.87. The molecule has 6 heteroatoms. The number of hydrogen-bond acceptors (Lipinski definition) is 4. The third kappa shape index (κ3) is 4.39. The molecule has 1 saturated heterocycles. The van der Waals surface area contributed by atoms with Gasteiger partial charge in [-0.2, -0.15) is 0 Å². The lowest BCUT2D eigenvalue weighted by Gasteiger charge is -2.32. The van der Waals surface area contributed by atoms with E-state index in [0.29, 0.717) is 19.0 Å². The van der Waals surface area contributed by atoms with Gasteiger partial charge >= 0.3 is 0 Å². The maximum Gasteiger partial charge on any atom is 0.236 e. The van der Waals surface area contributed by atoms with Gasteiger partial charge in [-0.15, -0.1) is 11.3 Å². The van der Waals surface area contributed by atoms with Crippen LogP contribution in [0.25, 0.3) is 10.2 Å². The van der Waals surface area contributed by atoms with Gasteiger partial charge < -0.3 is 4.90 Å². The molecule has 1 fully saturated rings. The van der Waals surface area contributed by atoms with Crippen molar-refractivity contribution in [3.63, 3.8) is 0 Å². The van der Waals surface area contributed by atoms with Crippen LogP contribution in [-0.4, -0.2) is 47.4 Å². The van der Waals surface area contributed by atoms with E-state index in [2.05, 4.69) is 17.0 Å². The number of carbonyl (C=O) groups is 1. The Kier molecular flexibility index (Phi) is 5.69. The van der Waals surface area contributed by atoms with E-state index >= 15 is 0 Å². The Hall–Kier alpha value is -2.31. The second-order valence-corrected chi connectivity index (χ2v) is 8.54. The van der Waals surface area contributed by atoms with Crippen molar-refractivity contribution in [3.8, 4) is 0 Å². The molecule has 0 N–H and O–H groups in total. The van der Waals surface area contributed by atoms with Crippen LogP contribution >= 0.6 is 11.3 Å². The number of rotatable bonds is 5. The highest BCUT2D eigenvalue weighted by Crippen LogP contribution is 2.32. The molecule has 4 rings (SSSR count). The molecule has 0 spiro atoms. The summed E-state index contributed by atoms with van der Waals surface area (Å²) in [7, 11) is 1.78. The number of piperidine rings is 1. The van der Waals surface area contributed by atoms with Crippen LogP contribution in [0.15, 0.2) is 48.5 Å². The lowest BCUT2D eigenvalue weighted by Crippen LogP contribution is -2.42. The maximum atomic E-state index is 13.4. The Labute approximate surface area is 168 Å². The van der Waals surface area contributed by atoms with Gasteiger partial charge in [0.05, 0.1) is 21.8 Å². The third-order valence-corrected chi connectivity index (χ3v) is 6.46. The average molecular weight is 398 g/mol. The van der Waals surface area contributed by atoms with Gasteiger partial charge in [-0.05, 0) is 49.2 Å². The maximum absolute atomic E-state index is 13.4. The number of thiazole rings is 1. The topological polar surface area (TPSA) is 36.4 Å². The molecular weight excluding hydrogens is 373 g/mol. The van der Waals surface area contributed by atoms with Gasteiger partial charge in [-0.1, -0.05) is 24.3 Å². The van der Waals surface area contributed by atoms with Gasteiger partial charge in [-0.3, -0.25) is 9.69 Å². The molecule has 0 saturated carbocycles. The fraction of sp³-hybridized carbons (Fsp3) is 0.364. The Bertz CT molecular complexity index is 940. The Morgan fingerprint density at radius 2 is 2.14 bits per heavy atom. The van der Waals surface area contributed by atoms with Gasteiger partial charge in [0.25, 0.3) is 0 Å². The number of carbonyl (C=O) groups excluding carboxylic acids is 1. The summed E-state index contributed by atoms with van der Waals surface area (Å²) < 4.78 is 14.6. The number of likely N-dealkylation sites (N-methyl/N-ethyl adjacent to an activating group) is 1. The zero-order valence-corrected chi connectivity index (χ0v) is 16.8. The van der Waals surface area contributed by atoms with E-state index in [9.17, 15) is 9.18 Å². The van der Waals surface area contributed by atoms with E-state index in [1.54, 1.807) is 29.4 Å². The van der Waals surface area contributed by atoms with Gasteiger partial charge in [0.2, 0.25) is 5.91 Å². The predicted molar refractivity (Wildman–Crippen MR) is 111 cm³/mol. The van der Waals surface area contributed by atoms with E-state index in [-0.39, 0.29) is 11.7 Å². The lowest BCUT2D eigenvalue weighted by molar-refractivity contribution is -0.131. The number of fused-ring (bicyclic) bond motifs is 1. The first-order valence-corrected chi connectivity index (χ1v) is 10.5. The molecule has 0 unspecified atom stereocenters. The van der Waals surface area contributed by atoms with Crippen molar-refractivity contribution in [1.29, 1.82) is 0 Å². The van der Waals surface area contributed by atoms with Crippen LogP contribution in [0.1, 0.15) is 29.3 Å². The summed E-state index contributed by atoms with van der Waals surface area (Å²) in [6, 6.07) is 14.7. The molecule has 0 bridgehead atoms. The molecule has 2 aromatic carbocycles. The molecule has 1 amide bonds. The summed E-state index contributed by atoms with van der Waals surface area (Å²) in [5, 5.41) is 1.17. The summed E-state index contributed by atoms with van der Waals surface area (Å²) in [6.07, 6.45) is 2.19. The molecule has 1 atom stereocenters. The van der Waals surface area contributed by atoms with Crippen LogP contribution in [0.3, 0.4) is 0 Å². The lowest BCUT2D eigenvalue weighted by atomic mass is 9.98. The van der Waals surface area contributed by atoms with Crippen molar-refractivity contribution >= 4 is 27.5 Å². The van der Waals surface area contributed by atoms with Gasteiger partial charge in [0.1, 0.15) is 5.82 Å². The minimum Gasteiger partial charge on any atom is -0.340 e. The zero-order valence-electron chi connectivity index (χ0n) is 16.0. The van der Waals surface area contributed by atoms with E-state index in [0.717, 1.165) is 37.0 Å². The van der Waals surface area contributed by atoms with Gasteiger partial charge in [-0.25, -0.2) is 9.37 Å². The van der Waals surface area contributed by atoms with Gasteiger partial charge in [0, 0.05) is 26.1 Å². The third-order valence-electron chi connectivity index (χ3n) is 5.26. The molecule has 1 aliphatic heterocycles. The highest BCUT2D eigenvalue weighted by atomic mass is 32.1. The van der Waals surface area contributed by atoms with E-state index in [4.69, 9.17) is 4.98 Å². The summed E-state index contributed by atoms with van der Waals surface area (Å²) in [6.45, 7) is 2.61. The second kappa shape index (κ2) is 8.37. The zero-order chi connectivity index (χ0) is 19.5. The smallest absolute Gasteiger partial charge is 0.236 e. The first-order chi connectivity index (χ1) is 13.6. The van der Waals surface area contributed by atoms with E-state index in [1.165, 1.54) is 21.8 Å². The minimum absolute atomic E-state index is 0.0641. The second-order valence-electron chi connectivity index (χ2n) is 7.47. The summed E-state index contributed by atoms with van der Waals surface area (Å²) in [5.41, 5.74) is 1.87. The quantitative estimate of drug-likeness (QED) is 0.645. The molecule has 1 aromatic heterocycles. The minimum atomic E-state index is -0.270. The van der Waals surface area contributed by atoms with E-state index < -0.39 is 0 Å². The molecule has 4 nitrogen and oxygen atoms in total. The SMILES string of the molecule is CN(Cc1cccc(F)c1)C(=O)CN1CCC[C@@H](c2nc3ccccc3s2)C1. The number of amides is 1. The Morgan fingerprint density at radius 3 is 2.96 bits per heavy atom. The summed E-state index contributed by atoms with van der Waals surface area (Å²) in [5.74, 6) is 0.176. The number of aromatic nitrogens is 1. The van der Waals surface area contributed by atoms with Crippen molar-refractivity contribution in [2.24, 2.45) is 0 Å². The number of likely N-dealkylation sites (tertiary alicyclic amines) is 1. The van der Waals surface area contributed by atoms with Crippen LogP contribution in [0.5, 0.6) is 0 Å². The number of hydrogen-bond donors (Lipinski definition) is 0. The molecule has 2 heterocycles. The molecule has 0 radical (unpaired) electrons. The van der Waals surface area contributed by atoms with Crippen molar-refractivity contribution in [1.82, 2.24) is 14.8 Å². The highest BCUT2D eigenvalue weighted by Gasteiger charge is 2.26. The number of benzene rings is 2. The summed E-state index contributed by atoms with van der Waals surface area (Å²) >= 11 is 1.77. The van der Waals surface area contributed by atoms with Crippen LogP contribution in [0.2, 0.25) is 0 Å². The van der Waals surface area contributed by atoms with Crippen molar-refractivity contribution < 1.29 is 9.18 Å². The monoisotopic (exact) mass is 397 g/mol. The first-order valence-electron chi connectivity index (χ1n) is 9.65. The number of halogens is 1. The van der Waals surface area contributed by atoms with Crippen LogP contribution in [0.4, 0.5) is 4.39 Å². The van der Waals surface area contributed by atoms with Gasteiger partial charge in [0.15, 0.2) is 0 Å². The number of nitrogens with zero attached hydrogens (tertiary/aromatic N) is 3. The number of para-hydroxylation sites is 1. The van der Waals surface area contributed by atoms with Crippen molar-refractivity contribution in [2.45, 2.75) is 25.3 Å².